The van der Waals surface area contributed by atoms with Gasteiger partial charge in [0, 0.05) is 16.8 Å². The third-order valence-corrected chi connectivity index (χ3v) is 5.78. The van der Waals surface area contributed by atoms with Gasteiger partial charge >= 0.3 is 0 Å². The number of carbonyl (C=O) groups excluding carboxylic acids is 1. The van der Waals surface area contributed by atoms with Crippen molar-refractivity contribution in [3.05, 3.63) is 45.4 Å². The number of hydrogen-bond donors (Lipinski definition) is 1. The van der Waals surface area contributed by atoms with Crippen LogP contribution in [0.2, 0.25) is 0 Å². The van der Waals surface area contributed by atoms with Crippen LogP contribution in [0.25, 0.3) is 0 Å². The van der Waals surface area contributed by atoms with Crippen LogP contribution in [0.3, 0.4) is 0 Å². The summed E-state index contributed by atoms with van der Waals surface area (Å²) in [6, 6.07) is 6.05. The maximum Gasteiger partial charge on any atom is 0.237 e. The fourth-order valence-corrected chi connectivity index (χ4v) is 4.05. The molecule has 0 aliphatic carbocycles. The van der Waals surface area contributed by atoms with Gasteiger partial charge in [-0.2, -0.15) is 0 Å². The molecule has 5 heteroatoms. The number of thioether (sulfide) groups is 1. The summed E-state index contributed by atoms with van der Waals surface area (Å²) in [6.45, 7) is 8.15. The van der Waals surface area contributed by atoms with Crippen molar-refractivity contribution in [3.63, 3.8) is 0 Å². The van der Waals surface area contributed by atoms with E-state index in [1.165, 1.54) is 5.01 Å². The first-order chi connectivity index (χ1) is 11.0. The number of thiazole rings is 1. The monoisotopic (exact) mass is 348 g/mol. The van der Waals surface area contributed by atoms with E-state index in [4.69, 9.17) is 0 Å². The molecule has 0 aliphatic rings. The van der Waals surface area contributed by atoms with E-state index in [0.717, 1.165) is 41.1 Å². The number of carbonyl (C=O) groups is 1. The lowest BCUT2D eigenvalue weighted by atomic mass is 10.1. The number of nitrogens with zero attached hydrogens (tertiary/aromatic N) is 1. The van der Waals surface area contributed by atoms with Crippen LogP contribution < -0.4 is 5.32 Å². The molecular weight excluding hydrogens is 324 g/mol. The van der Waals surface area contributed by atoms with Gasteiger partial charge in [0.05, 0.1) is 16.0 Å². The second-order valence-corrected chi connectivity index (χ2v) is 7.96. The number of aryl methyl sites for hydroxylation is 3. The molecule has 3 nitrogen and oxygen atoms in total. The van der Waals surface area contributed by atoms with Crippen LogP contribution in [0.1, 0.15) is 42.1 Å². The summed E-state index contributed by atoms with van der Waals surface area (Å²) in [5.74, 6) is 0.832. The van der Waals surface area contributed by atoms with E-state index in [9.17, 15) is 4.79 Å². The average molecular weight is 349 g/mol. The zero-order valence-electron chi connectivity index (χ0n) is 14.2. The number of benzene rings is 1. The van der Waals surface area contributed by atoms with Crippen molar-refractivity contribution in [2.24, 2.45) is 0 Å². The summed E-state index contributed by atoms with van der Waals surface area (Å²) >= 11 is 3.35. The maximum atomic E-state index is 12.4. The Balaban J connectivity index is 1.89. The Morgan fingerprint density at radius 1 is 1.35 bits per heavy atom. The lowest BCUT2D eigenvalue weighted by Crippen LogP contribution is -2.23. The molecule has 1 heterocycles. The molecule has 1 atom stereocenters. The van der Waals surface area contributed by atoms with E-state index in [0.29, 0.717) is 0 Å². The molecule has 2 aromatic rings. The highest BCUT2D eigenvalue weighted by Crippen LogP contribution is 2.24. The van der Waals surface area contributed by atoms with E-state index in [1.807, 2.05) is 39.0 Å². The predicted molar refractivity (Wildman–Crippen MR) is 101 cm³/mol. The van der Waals surface area contributed by atoms with E-state index in [2.05, 4.69) is 22.6 Å². The number of para-hydroxylation sites is 1. The van der Waals surface area contributed by atoms with Crippen molar-refractivity contribution in [1.29, 1.82) is 0 Å². The normalized spacial score (nSPS) is 12.2. The van der Waals surface area contributed by atoms with Crippen LogP contribution in [0.5, 0.6) is 0 Å². The van der Waals surface area contributed by atoms with Crippen molar-refractivity contribution >= 4 is 34.7 Å². The first-order valence-electron chi connectivity index (χ1n) is 7.93. The summed E-state index contributed by atoms with van der Waals surface area (Å²) in [5, 5.41) is 6.25. The van der Waals surface area contributed by atoms with Gasteiger partial charge in [0.1, 0.15) is 0 Å². The molecule has 2 rings (SSSR count). The minimum atomic E-state index is -0.106. The van der Waals surface area contributed by atoms with Crippen LogP contribution in [-0.2, 0) is 17.0 Å². The van der Waals surface area contributed by atoms with E-state index >= 15 is 0 Å². The molecule has 0 bridgehead atoms. The Morgan fingerprint density at radius 2 is 2.04 bits per heavy atom. The SMILES string of the molecule is CCCc1nc(CSC(C)C(=O)Nc2c(C)cccc2C)cs1. The predicted octanol–water partition coefficient (Wildman–Crippen LogP) is 4.97. The topological polar surface area (TPSA) is 42.0 Å². The van der Waals surface area contributed by atoms with Crippen LogP contribution in [0.4, 0.5) is 5.69 Å². The van der Waals surface area contributed by atoms with Gasteiger partial charge in [0.15, 0.2) is 0 Å². The second-order valence-electron chi connectivity index (χ2n) is 5.69. The van der Waals surface area contributed by atoms with Crippen LogP contribution in [0, 0.1) is 13.8 Å². The number of hydrogen-bond acceptors (Lipinski definition) is 4. The molecule has 1 amide bonds. The molecule has 1 aromatic carbocycles. The number of rotatable bonds is 7. The Labute approximate surface area is 146 Å². The van der Waals surface area contributed by atoms with Crippen molar-refractivity contribution in [2.45, 2.75) is 51.5 Å². The molecule has 0 saturated heterocycles. The summed E-state index contributed by atoms with van der Waals surface area (Å²) < 4.78 is 0. The molecule has 1 N–H and O–H groups in total. The highest BCUT2D eigenvalue weighted by Gasteiger charge is 2.16. The first kappa shape index (κ1) is 18.0. The third kappa shape index (κ3) is 5.08. The van der Waals surface area contributed by atoms with Gasteiger partial charge in [-0.25, -0.2) is 4.98 Å². The first-order valence-corrected chi connectivity index (χ1v) is 9.86. The summed E-state index contributed by atoms with van der Waals surface area (Å²) in [4.78, 5) is 17.0. The molecule has 0 radical (unpaired) electrons. The smallest absolute Gasteiger partial charge is 0.237 e. The standard InChI is InChI=1S/C18H24N2OS2/c1-5-7-16-19-15(11-23-16)10-22-14(4)18(21)20-17-12(2)8-6-9-13(17)3/h6,8-9,11,14H,5,7,10H2,1-4H3,(H,20,21). The number of aromatic nitrogens is 1. The van der Waals surface area contributed by atoms with Crippen LogP contribution in [-0.4, -0.2) is 16.1 Å². The van der Waals surface area contributed by atoms with Gasteiger partial charge in [-0.05, 0) is 44.7 Å². The highest BCUT2D eigenvalue weighted by molar-refractivity contribution is 7.99. The molecule has 0 saturated carbocycles. The molecular formula is C18H24N2OS2. The zero-order valence-corrected chi connectivity index (χ0v) is 15.8. The van der Waals surface area contributed by atoms with Crippen LogP contribution >= 0.6 is 23.1 Å². The largest absolute Gasteiger partial charge is 0.325 e. The van der Waals surface area contributed by atoms with Gasteiger partial charge in [-0.15, -0.1) is 23.1 Å². The third-order valence-electron chi connectivity index (χ3n) is 3.64. The van der Waals surface area contributed by atoms with Gasteiger partial charge in [-0.3, -0.25) is 4.79 Å². The average Bonchev–Trinajstić information content (AvgIpc) is 2.96. The van der Waals surface area contributed by atoms with E-state index in [-0.39, 0.29) is 11.2 Å². The number of anilines is 1. The molecule has 1 unspecified atom stereocenters. The minimum absolute atomic E-state index is 0.0522. The fourth-order valence-electron chi connectivity index (χ4n) is 2.27. The Hall–Kier alpha value is -1.33. The maximum absolute atomic E-state index is 12.4. The molecule has 0 fully saturated rings. The Morgan fingerprint density at radius 3 is 2.70 bits per heavy atom. The fraction of sp³-hybridized carbons (Fsp3) is 0.444. The van der Waals surface area contributed by atoms with Gasteiger partial charge in [0.2, 0.25) is 5.91 Å². The van der Waals surface area contributed by atoms with Crippen molar-refractivity contribution in [1.82, 2.24) is 4.98 Å². The number of nitrogens with one attached hydrogen (secondary N) is 1. The van der Waals surface area contributed by atoms with Crippen molar-refractivity contribution in [2.75, 3.05) is 5.32 Å². The highest BCUT2D eigenvalue weighted by atomic mass is 32.2. The summed E-state index contributed by atoms with van der Waals surface area (Å²) in [7, 11) is 0. The summed E-state index contributed by atoms with van der Waals surface area (Å²) in [5.41, 5.74) is 4.21. The van der Waals surface area contributed by atoms with Crippen molar-refractivity contribution < 1.29 is 4.79 Å². The lowest BCUT2D eigenvalue weighted by molar-refractivity contribution is -0.115. The molecule has 23 heavy (non-hydrogen) atoms. The molecule has 0 aliphatic heterocycles. The minimum Gasteiger partial charge on any atom is -0.325 e. The van der Waals surface area contributed by atoms with Crippen molar-refractivity contribution in [3.8, 4) is 0 Å². The zero-order chi connectivity index (χ0) is 16.8. The quantitative estimate of drug-likeness (QED) is 0.768. The lowest BCUT2D eigenvalue weighted by Gasteiger charge is -2.15. The molecule has 124 valence electrons. The van der Waals surface area contributed by atoms with Crippen LogP contribution in [0.15, 0.2) is 23.6 Å². The van der Waals surface area contributed by atoms with Gasteiger partial charge in [-0.1, -0.05) is 25.1 Å². The Bertz CT molecular complexity index is 647. The Kier molecular flexibility index (Phi) is 6.66. The van der Waals surface area contributed by atoms with Gasteiger partial charge in [0.25, 0.3) is 0 Å². The second kappa shape index (κ2) is 8.50. The number of amides is 1. The summed E-state index contributed by atoms with van der Waals surface area (Å²) in [6.07, 6.45) is 2.16. The van der Waals surface area contributed by atoms with Gasteiger partial charge < -0.3 is 5.32 Å². The van der Waals surface area contributed by atoms with E-state index < -0.39 is 0 Å². The molecule has 1 aromatic heterocycles. The molecule has 0 spiro atoms. The van der Waals surface area contributed by atoms with E-state index in [1.54, 1.807) is 23.1 Å².